The molecule has 0 atom stereocenters. The monoisotopic (exact) mass is 169 g/mol. The van der Waals surface area contributed by atoms with Crippen molar-refractivity contribution in [1.82, 2.24) is 14.9 Å². The quantitative estimate of drug-likeness (QED) is 0.573. The van der Waals surface area contributed by atoms with Gasteiger partial charge in [0.25, 0.3) is 0 Å². The Bertz CT molecular complexity index is 254. The van der Waals surface area contributed by atoms with E-state index in [2.05, 4.69) is 10.1 Å². The molecule has 0 aromatic carbocycles. The van der Waals surface area contributed by atoms with Gasteiger partial charge in [-0.3, -0.25) is 5.01 Å². The Labute approximate surface area is 69.9 Å². The summed E-state index contributed by atoms with van der Waals surface area (Å²) in [6, 6.07) is 0. The Kier molecular flexibility index (Phi) is 1.83. The number of nitrogens with zero attached hydrogens (tertiary/aromatic N) is 4. The molecule has 2 rings (SSSR count). The molecule has 1 saturated heterocycles. The number of rotatable bonds is 1. The topological polar surface area (TPSA) is 69.2 Å². The molecule has 0 spiro atoms. The molecule has 0 saturated carbocycles. The maximum Gasteiger partial charge on any atom is 0.239 e. The van der Waals surface area contributed by atoms with Crippen LogP contribution in [0.4, 0.5) is 5.95 Å². The van der Waals surface area contributed by atoms with E-state index in [4.69, 9.17) is 10.5 Å². The van der Waals surface area contributed by atoms with Gasteiger partial charge in [-0.2, -0.15) is 4.98 Å². The third kappa shape index (κ3) is 1.20. The number of hydrogen-bond donors (Lipinski definition) is 1. The molecule has 6 heteroatoms. The molecule has 12 heavy (non-hydrogen) atoms. The Hall–Kier alpha value is -1.30. The predicted molar refractivity (Wildman–Crippen MR) is 43.2 cm³/mol. The van der Waals surface area contributed by atoms with Gasteiger partial charge in [-0.05, 0) is 0 Å². The van der Waals surface area contributed by atoms with Crippen LogP contribution in [-0.2, 0) is 4.74 Å². The molecule has 1 aliphatic rings. The van der Waals surface area contributed by atoms with Gasteiger partial charge in [0.15, 0.2) is 0 Å². The summed E-state index contributed by atoms with van der Waals surface area (Å²) in [5.74, 6) is 0.428. The number of aromatic nitrogens is 3. The number of hydrogen-bond acceptors (Lipinski definition) is 5. The standard InChI is InChI=1S/C6H11N5O/c7-6-8-5-9-11(6)10-1-3-12-4-2-10/h5H,1-4H2,(H2,7,8,9). The lowest BCUT2D eigenvalue weighted by Crippen LogP contribution is -2.45. The highest BCUT2D eigenvalue weighted by molar-refractivity contribution is 5.15. The smallest absolute Gasteiger partial charge is 0.239 e. The van der Waals surface area contributed by atoms with Crippen LogP contribution in [0.5, 0.6) is 0 Å². The van der Waals surface area contributed by atoms with Crippen molar-refractivity contribution in [1.29, 1.82) is 0 Å². The van der Waals surface area contributed by atoms with Crippen LogP contribution in [0.1, 0.15) is 0 Å². The molecule has 66 valence electrons. The van der Waals surface area contributed by atoms with Crippen molar-refractivity contribution in [2.24, 2.45) is 0 Å². The van der Waals surface area contributed by atoms with Gasteiger partial charge in [-0.15, -0.1) is 9.89 Å². The minimum atomic E-state index is 0.428. The van der Waals surface area contributed by atoms with Crippen LogP contribution in [0.2, 0.25) is 0 Å². The summed E-state index contributed by atoms with van der Waals surface area (Å²) < 4.78 is 5.19. The number of ether oxygens (including phenoxy) is 1. The lowest BCUT2D eigenvalue weighted by molar-refractivity contribution is 0.109. The third-order valence-electron chi connectivity index (χ3n) is 1.81. The van der Waals surface area contributed by atoms with E-state index < -0.39 is 0 Å². The van der Waals surface area contributed by atoms with Crippen molar-refractivity contribution in [3.63, 3.8) is 0 Å². The van der Waals surface area contributed by atoms with Gasteiger partial charge in [0, 0.05) is 0 Å². The van der Waals surface area contributed by atoms with E-state index in [1.54, 1.807) is 4.79 Å². The number of nitrogen functional groups attached to an aromatic ring is 1. The van der Waals surface area contributed by atoms with Gasteiger partial charge in [0.05, 0.1) is 26.3 Å². The highest BCUT2D eigenvalue weighted by atomic mass is 16.5. The van der Waals surface area contributed by atoms with Crippen molar-refractivity contribution in [2.75, 3.05) is 37.0 Å². The second kappa shape index (κ2) is 2.98. The SMILES string of the molecule is Nc1ncnn1N1CCOCC1. The molecule has 0 amide bonds. The Morgan fingerprint density at radius 2 is 2.17 bits per heavy atom. The van der Waals surface area contributed by atoms with Gasteiger partial charge in [0.1, 0.15) is 6.33 Å². The molecule has 0 radical (unpaired) electrons. The maximum atomic E-state index is 5.58. The first-order valence-corrected chi connectivity index (χ1v) is 3.86. The van der Waals surface area contributed by atoms with Crippen LogP contribution in [-0.4, -0.2) is 41.2 Å². The van der Waals surface area contributed by atoms with E-state index in [9.17, 15) is 0 Å². The summed E-state index contributed by atoms with van der Waals surface area (Å²) in [4.78, 5) is 5.45. The van der Waals surface area contributed by atoms with E-state index in [0.717, 1.165) is 26.3 Å². The lowest BCUT2D eigenvalue weighted by atomic mass is 10.5. The second-order valence-electron chi connectivity index (χ2n) is 2.57. The number of morpholine rings is 1. The summed E-state index contributed by atoms with van der Waals surface area (Å²) in [5.41, 5.74) is 5.58. The first kappa shape index (κ1) is 7.35. The van der Waals surface area contributed by atoms with E-state index in [0.29, 0.717) is 5.95 Å². The van der Waals surface area contributed by atoms with Gasteiger partial charge >= 0.3 is 0 Å². The van der Waals surface area contributed by atoms with Crippen molar-refractivity contribution >= 4 is 5.95 Å². The molecule has 1 fully saturated rings. The van der Waals surface area contributed by atoms with Gasteiger partial charge in [-0.1, -0.05) is 0 Å². The van der Waals surface area contributed by atoms with E-state index in [1.807, 2.05) is 5.01 Å². The molecule has 2 heterocycles. The molecule has 2 N–H and O–H groups in total. The van der Waals surface area contributed by atoms with Crippen LogP contribution in [0.25, 0.3) is 0 Å². The van der Waals surface area contributed by atoms with Crippen molar-refractivity contribution in [3.8, 4) is 0 Å². The number of nitrogens with two attached hydrogens (primary N) is 1. The van der Waals surface area contributed by atoms with Crippen LogP contribution in [0.3, 0.4) is 0 Å². The normalized spacial score (nSPS) is 18.2. The van der Waals surface area contributed by atoms with Crippen LogP contribution in [0.15, 0.2) is 6.33 Å². The van der Waals surface area contributed by atoms with Crippen molar-refractivity contribution in [3.05, 3.63) is 6.33 Å². The maximum absolute atomic E-state index is 5.58. The Morgan fingerprint density at radius 3 is 2.75 bits per heavy atom. The van der Waals surface area contributed by atoms with Crippen molar-refractivity contribution in [2.45, 2.75) is 0 Å². The fourth-order valence-corrected chi connectivity index (χ4v) is 1.21. The molecule has 1 aromatic rings. The average molecular weight is 169 g/mol. The van der Waals surface area contributed by atoms with Crippen LogP contribution < -0.4 is 10.7 Å². The summed E-state index contributed by atoms with van der Waals surface area (Å²) in [6.45, 7) is 3.07. The molecular formula is C6H11N5O. The fraction of sp³-hybridized carbons (Fsp3) is 0.667. The molecule has 1 aromatic heterocycles. The third-order valence-corrected chi connectivity index (χ3v) is 1.81. The summed E-state index contributed by atoms with van der Waals surface area (Å²) in [7, 11) is 0. The summed E-state index contributed by atoms with van der Waals surface area (Å²) >= 11 is 0. The van der Waals surface area contributed by atoms with E-state index in [1.165, 1.54) is 6.33 Å². The average Bonchev–Trinajstić information content (AvgIpc) is 2.53. The van der Waals surface area contributed by atoms with Gasteiger partial charge < -0.3 is 10.5 Å². The Morgan fingerprint density at radius 1 is 1.42 bits per heavy atom. The van der Waals surface area contributed by atoms with E-state index in [-0.39, 0.29) is 0 Å². The van der Waals surface area contributed by atoms with Gasteiger partial charge in [0.2, 0.25) is 5.95 Å². The molecule has 0 aliphatic carbocycles. The molecule has 0 bridgehead atoms. The zero-order valence-electron chi connectivity index (χ0n) is 6.68. The first-order chi connectivity index (χ1) is 5.88. The zero-order chi connectivity index (χ0) is 8.39. The Balaban J connectivity index is 2.13. The minimum absolute atomic E-state index is 0.428. The number of anilines is 1. The molecule has 6 nitrogen and oxygen atoms in total. The fourth-order valence-electron chi connectivity index (χ4n) is 1.21. The van der Waals surface area contributed by atoms with Gasteiger partial charge in [-0.25, -0.2) is 0 Å². The van der Waals surface area contributed by atoms with Crippen molar-refractivity contribution < 1.29 is 4.74 Å². The predicted octanol–water partition coefficient (Wildman–Crippen LogP) is -1.17. The highest BCUT2D eigenvalue weighted by Gasteiger charge is 2.13. The molecule has 1 aliphatic heterocycles. The minimum Gasteiger partial charge on any atom is -0.378 e. The van der Waals surface area contributed by atoms with Crippen LogP contribution in [0, 0.1) is 0 Å². The second-order valence-corrected chi connectivity index (χ2v) is 2.57. The molecule has 0 unspecified atom stereocenters. The first-order valence-electron chi connectivity index (χ1n) is 3.86. The summed E-state index contributed by atoms with van der Waals surface area (Å²) in [5, 5.41) is 6.00. The van der Waals surface area contributed by atoms with E-state index >= 15 is 0 Å². The zero-order valence-corrected chi connectivity index (χ0v) is 6.68. The summed E-state index contributed by atoms with van der Waals surface area (Å²) in [6.07, 6.45) is 1.45. The molecular weight excluding hydrogens is 158 g/mol. The lowest BCUT2D eigenvalue weighted by Gasteiger charge is -2.28. The highest BCUT2D eigenvalue weighted by Crippen LogP contribution is 2.00. The van der Waals surface area contributed by atoms with Crippen LogP contribution >= 0.6 is 0 Å². The largest absolute Gasteiger partial charge is 0.378 e.